The van der Waals surface area contributed by atoms with E-state index >= 15 is 0 Å². The Bertz CT molecular complexity index is 696. The van der Waals surface area contributed by atoms with Crippen molar-refractivity contribution in [1.82, 2.24) is 30.2 Å². The van der Waals surface area contributed by atoms with Gasteiger partial charge in [0.25, 0.3) is 5.91 Å². The average molecular weight is 363 g/mol. The summed E-state index contributed by atoms with van der Waals surface area (Å²) in [4.78, 5) is 17.6. The Hall–Kier alpha value is -2.20. The van der Waals surface area contributed by atoms with Gasteiger partial charge in [0, 0.05) is 32.4 Å². The summed E-state index contributed by atoms with van der Waals surface area (Å²) in [5.74, 6) is -0.102. The molecule has 3 rings (SSSR count). The maximum atomic E-state index is 12.5. The summed E-state index contributed by atoms with van der Waals surface area (Å²) < 4.78 is 38.7. The van der Waals surface area contributed by atoms with Gasteiger partial charge in [0.05, 0.1) is 11.8 Å². The Morgan fingerprint density at radius 1 is 1.21 bits per heavy atom. The zero-order valence-electron chi connectivity index (χ0n) is 12.3. The van der Waals surface area contributed by atoms with Crippen molar-refractivity contribution in [3.63, 3.8) is 0 Å². The number of nitrogens with zero attached hydrogens (tertiary/aromatic N) is 5. The number of pyridine rings is 1. The third-order valence-electron chi connectivity index (χ3n) is 3.43. The van der Waals surface area contributed by atoms with E-state index in [1.165, 1.54) is 16.9 Å². The van der Waals surface area contributed by atoms with Crippen LogP contribution in [0.25, 0.3) is 5.82 Å². The lowest BCUT2D eigenvalue weighted by Crippen LogP contribution is -2.46. The van der Waals surface area contributed by atoms with Crippen LogP contribution in [0.1, 0.15) is 16.1 Å². The third-order valence-corrected chi connectivity index (χ3v) is 3.43. The maximum absolute atomic E-state index is 12.5. The second kappa shape index (κ2) is 7.14. The minimum Gasteiger partial charge on any atom is -0.335 e. The van der Waals surface area contributed by atoms with Crippen LogP contribution in [0.15, 0.2) is 24.5 Å². The molecule has 2 aromatic rings. The number of rotatable bonds is 2. The molecular formula is C13H14ClF3N6O. The Balaban J connectivity index is 0.00000208. The van der Waals surface area contributed by atoms with E-state index in [1.54, 1.807) is 4.90 Å². The summed E-state index contributed by atoms with van der Waals surface area (Å²) >= 11 is 0. The van der Waals surface area contributed by atoms with E-state index in [2.05, 4.69) is 20.6 Å². The molecule has 1 amide bonds. The molecule has 1 saturated heterocycles. The van der Waals surface area contributed by atoms with Gasteiger partial charge in [-0.1, -0.05) is 5.21 Å². The molecule has 0 radical (unpaired) electrons. The predicted octanol–water partition coefficient (Wildman–Crippen LogP) is 1.15. The zero-order valence-corrected chi connectivity index (χ0v) is 13.1. The quantitative estimate of drug-likeness (QED) is 0.867. The van der Waals surface area contributed by atoms with Gasteiger partial charge in [-0.3, -0.25) is 4.79 Å². The van der Waals surface area contributed by atoms with Crippen LogP contribution in [-0.4, -0.2) is 57.0 Å². The molecular weight excluding hydrogens is 349 g/mol. The molecule has 2 aromatic heterocycles. The first-order chi connectivity index (χ1) is 10.9. The van der Waals surface area contributed by atoms with Gasteiger partial charge >= 0.3 is 6.18 Å². The highest BCUT2D eigenvalue weighted by Gasteiger charge is 2.30. The minimum absolute atomic E-state index is 0. The van der Waals surface area contributed by atoms with E-state index in [1.807, 2.05) is 0 Å². The normalized spacial score (nSPS) is 15.0. The molecule has 0 spiro atoms. The Morgan fingerprint density at radius 2 is 1.92 bits per heavy atom. The highest BCUT2D eigenvalue weighted by atomic mass is 35.5. The van der Waals surface area contributed by atoms with Crippen molar-refractivity contribution in [2.45, 2.75) is 6.18 Å². The SMILES string of the molecule is Cl.O=C(c1cn(-c2ccc(C(F)(F)F)cn2)nn1)N1CCNCC1. The van der Waals surface area contributed by atoms with Crippen molar-refractivity contribution < 1.29 is 18.0 Å². The number of hydrogen-bond donors (Lipinski definition) is 1. The van der Waals surface area contributed by atoms with Crippen LogP contribution in [0.2, 0.25) is 0 Å². The van der Waals surface area contributed by atoms with Gasteiger partial charge in [-0.25, -0.2) is 9.67 Å². The van der Waals surface area contributed by atoms with E-state index in [0.717, 1.165) is 12.3 Å². The molecule has 1 aliphatic heterocycles. The number of carbonyl (C=O) groups is 1. The first-order valence-corrected chi connectivity index (χ1v) is 6.91. The molecule has 0 aromatic carbocycles. The van der Waals surface area contributed by atoms with Gasteiger partial charge in [-0.05, 0) is 12.1 Å². The Labute approximate surface area is 141 Å². The predicted molar refractivity (Wildman–Crippen MR) is 80.2 cm³/mol. The molecule has 7 nitrogen and oxygen atoms in total. The van der Waals surface area contributed by atoms with E-state index in [9.17, 15) is 18.0 Å². The van der Waals surface area contributed by atoms with Crippen LogP contribution in [0.5, 0.6) is 0 Å². The Morgan fingerprint density at radius 3 is 2.50 bits per heavy atom. The summed E-state index contributed by atoms with van der Waals surface area (Å²) in [6.07, 6.45) is -2.37. The fraction of sp³-hybridized carbons (Fsp3) is 0.385. The topological polar surface area (TPSA) is 75.9 Å². The molecule has 1 fully saturated rings. The zero-order chi connectivity index (χ0) is 16.4. The van der Waals surface area contributed by atoms with Crippen molar-refractivity contribution in [3.8, 4) is 5.82 Å². The fourth-order valence-electron chi connectivity index (χ4n) is 2.19. The summed E-state index contributed by atoms with van der Waals surface area (Å²) in [7, 11) is 0. The average Bonchev–Trinajstić information content (AvgIpc) is 3.04. The van der Waals surface area contributed by atoms with Gasteiger partial charge in [0.15, 0.2) is 11.5 Å². The maximum Gasteiger partial charge on any atom is 0.417 e. The number of alkyl halides is 3. The van der Waals surface area contributed by atoms with Crippen LogP contribution >= 0.6 is 12.4 Å². The lowest BCUT2D eigenvalue weighted by Gasteiger charge is -2.26. The summed E-state index contributed by atoms with van der Waals surface area (Å²) in [5, 5.41) is 10.7. The molecule has 0 atom stereocenters. The van der Waals surface area contributed by atoms with Crippen molar-refractivity contribution in [3.05, 3.63) is 35.8 Å². The largest absolute Gasteiger partial charge is 0.417 e. The standard InChI is InChI=1S/C13H13F3N6O.ClH/c14-13(15,16)9-1-2-11(18-7-9)22-8-10(19-20-22)12(23)21-5-3-17-4-6-21;/h1-2,7-8,17H,3-6H2;1H. The first-order valence-electron chi connectivity index (χ1n) is 6.91. The van der Waals surface area contributed by atoms with Gasteiger partial charge in [-0.2, -0.15) is 13.2 Å². The molecule has 1 aliphatic rings. The second-order valence-electron chi connectivity index (χ2n) is 4.99. The summed E-state index contributed by atoms with van der Waals surface area (Å²) in [6, 6.07) is 2.08. The molecule has 0 bridgehead atoms. The van der Waals surface area contributed by atoms with Crippen molar-refractivity contribution >= 4 is 18.3 Å². The lowest BCUT2D eigenvalue weighted by atomic mass is 10.3. The molecule has 1 N–H and O–H groups in total. The van der Waals surface area contributed by atoms with Crippen LogP contribution in [0.3, 0.4) is 0 Å². The number of aromatic nitrogens is 4. The van der Waals surface area contributed by atoms with Crippen molar-refractivity contribution in [2.24, 2.45) is 0 Å². The molecule has 0 aliphatic carbocycles. The molecule has 11 heteroatoms. The molecule has 0 saturated carbocycles. The number of nitrogens with one attached hydrogen (secondary N) is 1. The number of piperazine rings is 1. The van der Waals surface area contributed by atoms with E-state index < -0.39 is 11.7 Å². The first kappa shape index (κ1) is 18.1. The third kappa shape index (κ3) is 3.82. The number of halogens is 4. The van der Waals surface area contributed by atoms with E-state index in [4.69, 9.17) is 0 Å². The minimum atomic E-state index is -4.45. The number of hydrogen-bond acceptors (Lipinski definition) is 5. The Kier molecular flexibility index (Phi) is 5.40. The fourth-order valence-corrected chi connectivity index (χ4v) is 2.19. The summed E-state index contributed by atoms with van der Waals surface area (Å²) in [5.41, 5.74) is -0.716. The van der Waals surface area contributed by atoms with Gasteiger partial charge in [0.1, 0.15) is 0 Å². The van der Waals surface area contributed by atoms with Gasteiger partial charge < -0.3 is 10.2 Å². The van der Waals surface area contributed by atoms with Crippen LogP contribution < -0.4 is 5.32 Å². The highest BCUT2D eigenvalue weighted by molar-refractivity contribution is 5.92. The molecule has 130 valence electrons. The van der Waals surface area contributed by atoms with Crippen LogP contribution in [0, 0.1) is 0 Å². The van der Waals surface area contributed by atoms with E-state index in [0.29, 0.717) is 26.2 Å². The highest BCUT2D eigenvalue weighted by Crippen LogP contribution is 2.28. The van der Waals surface area contributed by atoms with E-state index in [-0.39, 0.29) is 29.8 Å². The number of amides is 1. The number of carbonyl (C=O) groups excluding carboxylic acids is 1. The smallest absolute Gasteiger partial charge is 0.335 e. The second-order valence-corrected chi connectivity index (χ2v) is 4.99. The molecule has 0 unspecified atom stereocenters. The van der Waals surface area contributed by atoms with Crippen LogP contribution in [0.4, 0.5) is 13.2 Å². The van der Waals surface area contributed by atoms with Gasteiger partial charge in [0.2, 0.25) is 0 Å². The van der Waals surface area contributed by atoms with Gasteiger partial charge in [-0.15, -0.1) is 17.5 Å². The monoisotopic (exact) mass is 362 g/mol. The van der Waals surface area contributed by atoms with Crippen LogP contribution in [-0.2, 0) is 6.18 Å². The molecule has 3 heterocycles. The molecule has 24 heavy (non-hydrogen) atoms. The van der Waals surface area contributed by atoms with Crippen molar-refractivity contribution in [2.75, 3.05) is 26.2 Å². The van der Waals surface area contributed by atoms with Crippen molar-refractivity contribution in [1.29, 1.82) is 0 Å². The summed E-state index contributed by atoms with van der Waals surface area (Å²) in [6.45, 7) is 2.56. The lowest BCUT2D eigenvalue weighted by molar-refractivity contribution is -0.137.